The molecule has 3 rings (SSSR count). The number of benzene rings is 2. The standard InChI is InChI=1S/C16H15NO2/c1-10(17-16(18)19)12-7-4-8-14-13-6-3-2-5-11(13)9-15(12)14/h2-8,10,17H,9H2,1H3,(H,18,19). The van der Waals surface area contributed by atoms with Crippen molar-refractivity contribution in [1.29, 1.82) is 0 Å². The van der Waals surface area contributed by atoms with Crippen molar-refractivity contribution in [3.8, 4) is 11.1 Å². The molecule has 0 saturated heterocycles. The minimum Gasteiger partial charge on any atom is -0.465 e. The van der Waals surface area contributed by atoms with Gasteiger partial charge in [-0.05, 0) is 41.2 Å². The fourth-order valence-corrected chi connectivity index (χ4v) is 2.85. The van der Waals surface area contributed by atoms with Crippen LogP contribution in [0.2, 0.25) is 0 Å². The lowest BCUT2D eigenvalue weighted by Gasteiger charge is -2.16. The Bertz CT molecular complexity index is 649. The topological polar surface area (TPSA) is 49.3 Å². The van der Waals surface area contributed by atoms with E-state index in [1.807, 2.05) is 31.2 Å². The van der Waals surface area contributed by atoms with Gasteiger partial charge in [0.1, 0.15) is 0 Å². The summed E-state index contributed by atoms with van der Waals surface area (Å²) in [7, 11) is 0. The highest BCUT2D eigenvalue weighted by molar-refractivity contribution is 5.78. The Kier molecular flexibility index (Phi) is 2.75. The highest BCUT2D eigenvalue weighted by Crippen LogP contribution is 2.39. The summed E-state index contributed by atoms with van der Waals surface area (Å²) < 4.78 is 0. The Morgan fingerprint density at radius 1 is 1.16 bits per heavy atom. The molecule has 0 aromatic heterocycles. The van der Waals surface area contributed by atoms with Crippen molar-refractivity contribution < 1.29 is 9.90 Å². The lowest BCUT2D eigenvalue weighted by Crippen LogP contribution is -2.25. The van der Waals surface area contributed by atoms with Crippen LogP contribution in [0.1, 0.15) is 29.7 Å². The van der Waals surface area contributed by atoms with E-state index in [1.165, 1.54) is 22.3 Å². The molecule has 1 aliphatic carbocycles. The molecular weight excluding hydrogens is 238 g/mol. The van der Waals surface area contributed by atoms with Gasteiger partial charge in [0.2, 0.25) is 0 Å². The van der Waals surface area contributed by atoms with E-state index in [2.05, 4.69) is 23.5 Å². The number of rotatable bonds is 2. The number of amides is 1. The fraction of sp³-hybridized carbons (Fsp3) is 0.188. The summed E-state index contributed by atoms with van der Waals surface area (Å²) >= 11 is 0. The summed E-state index contributed by atoms with van der Waals surface area (Å²) in [6.45, 7) is 1.88. The van der Waals surface area contributed by atoms with Crippen molar-refractivity contribution in [2.24, 2.45) is 0 Å². The molecule has 96 valence electrons. The second-order valence-electron chi connectivity index (χ2n) is 4.88. The van der Waals surface area contributed by atoms with E-state index in [0.29, 0.717) is 0 Å². The zero-order chi connectivity index (χ0) is 13.4. The Balaban J connectivity index is 2.06. The van der Waals surface area contributed by atoms with E-state index in [0.717, 1.165) is 12.0 Å². The molecule has 1 aliphatic rings. The van der Waals surface area contributed by atoms with Gasteiger partial charge in [-0.2, -0.15) is 0 Å². The van der Waals surface area contributed by atoms with Crippen LogP contribution in [0.4, 0.5) is 4.79 Å². The molecule has 3 nitrogen and oxygen atoms in total. The Hall–Kier alpha value is -2.29. The Labute approximate surface area is 111 Å². The normalized spacial score (nSPS) is 13.5. The van der Waals surface area contributed by atoms with Gasteiger partial charge in [0, 0.05) is 0 Å². The maximum atomic E-state index is 10.8. The van der Waals surface area contributed by atoms with Gasteiger partial charge in [-0.3, -0.25) is 0 Å². The molecule has 0 fully saturated rings. The van der Waals surface area contributed by atoms with Gasteiger partial charge in [-0.15, -0.1) is 0 Å². The Morgan fingerprint density at radius 3 is 2.68 bits per heavy atom. The van der Waals surface area contributed by atoms with E-state index < -0.39 is 6.09 Å². The molecule has 2 aromatic rings. The number of fused-ring (bicyclic) bond motifs is 3. The molecule has 3 heteroatoms. The quantitative estimate of drug-likeness (QED) is 0.733. The number of hydrogen-bond acceptors (Lipinski definition) is 1. The van der Waals surface area contributed by atoms with Crippen molar-refractivity contribution in [3.05, 3.63) is 59.2 Å². The number of hydrogen-bond donors (Lipinski definition) is 2. The molecule has 2 aromatic carbocycles. The third-order valence-electron chi connectivity index (χ3n) is 3.69. The van der Waals surface area contributed by atoms with Gasteiger partial charge in [-0.1, -0.05) is 42.5 Å². The van der Waals surface area contributed by atoms with Gasteiger partial charge in [-0.25, -0.2) is 4.79 Å². The highest BCUT2D eigenvalue weighted by atomic mass is 16.4. The third kappa shape index (κ3) is 1.97. The average Bonchev–Trinajstić information content (AvgIpc) is 2.76. The van der Waals surface area contributed by atoms with E-state index in [9.17, 15) is 4.79 Å². The minimum absolute atomic E-state index is 0.193. The van der Waals surface area contributed by atoms with E-state index in [1.54, 1.807) is 0 Å². The van der Waals surface area contributed by atoms with Gasteiger partial charge < -0.3 is 10.4 Å². The first-order chi connectivity index (χ1) is 9.16. The summed E-state index contributed by atoms with van der Waals surface area (Å²) in [5.41, 5.74) is 6.11. The van der Waals surface area contributed by atoms with Crippen molar-refractivity contribution in [2.45, 2.75) is 19.4 Å². The summed E-state index contributed by atoms with van der Waals surface area (Å²) in [4.78, 5) is 10.8. The number of carboxylic acid groups (broad SMARTS) is 1. The van der Waals surface area contributed by atoms with Crippen molar-refractivity contribution in [3.63, 3.8) is 0 Å². The number of nitrogens with one attached hydrogen (secondary N) is 1. The van der Waals surface area contributed by atoms with E-state index in [-0.39, 0.29) is 6.04 Å². The lowest BCUT2D eigenvalue weighted by atomic mass is 9.97. The Morgan fingerprint density at radius 2 is 1.89 bits per heavy atom. The molecule has 0 heterocycles. The van der Waals surface area contributed by atoms with Gasteiger partial charge in [0.05, 0.1) is 6.04 Å². The fourth-order valence-electron chi connectivity index (χ4n) is 2.85. The molecule has 0 aliphatic heterocycles. The van der Waals surface area contributed by atoms with E-state index in [4.69, 9.17) is 5.11 Å². The minimum atomic E-state index is -0.986. The lowest BCUT2D eigenvalue weighted by molar-refractivity contribution is 0.191. The van der Waals surface area contributed by atoms with Crippen LogP contribution in [-0.4, -0.2) is 11.2 Å². The van der Waals surface area contributed by atoms with Crippen LogP contribution in [0.15, 0.2) is 42.5 Å². The molecule has 19 heavy (non-hydrogen) atoms. The zero-order valence-electron chi connectivity index (χ0n) is 10.7. The van der Waals surface area contributed by atoms with Gasteiger partial charge in [0.15, 0.2) is 0 Å². The molecular formula is C16H15NO2. The smallest absolute Gasteiger partial charge is 0.405 e. The van der Waals surface area contributed by atoms with E-state index >= 15 is 0 Å². The van der Waals surface area contributed by atoms with Gasteiger partial charge >= 0.3 is 6.09 Å². The van der Waals surface area contributed by atoms with Crippen LogP contribution >= 0.6 is 0 Å². The van der Waals surface area contributed by atoms with Crippen LogP contribution in [0.3, 0.4) is 0 Å². The average molecular weight is 253 g/mol. The summed E-state index contributed by atoms with van der Waals surface area (Å²) in [6, 6.07) is 14.3. The summed E-state index contributed by atoms with van der Waals surface area (Å²) in [6.07, 6.45) is -0.103. The first-order valence-corrected chi connectivity index (χ1v) is 6.36. The SMILES string of the molecule is CC(NC(=O)O)c1cccc2c1Cc1ccccc1-2. The maximum absolute atomic E-state index is 10.8. The molecule has 0 spiro atoms. The van der Waals surface area contributed by atoms with Crippen LogP contribution in [-0.2, 0) is 6.42 Å². The largest absolute Gasteiger partial charge is 0.465 e. The monoisotopic (exact) mass is 253 g/mol. The molecule has 1 amide bonds. The van der Waals surface area contributed by atoms with Crippen molar-refractivity contribution in [1.82, 2.24) is 5.32 Å². The van der Waals surface area contributed by atoms with Crippen LogP contribution in [0.5, 0.6) is 0 Å². The molecule has 1 unspecified atom stereocenters. The third-order valence-corrected chi connectivity index (χ3v) is 3.69. The summed E-state index contributed by atoms with van der Waals surface area (Å²) in [5, 5.41) is 11.4. The predicted molar refractivity (Wildman–Crippen MR) is 74.3 cm³/mol. The predicted octanol–water partition coefficient (Wildman–Crippen LogP) is 3.59. The molecule has 0 radical (unpaired) electrons. The van der Waals surface area contributed by atoms with Crippen molar-refractivity contribution >= 4 is 6.09 Å². The van der Waals surface area contributed by atoms with Gasteiger partial charge in [0.25, 0.3) is 0 Å². The molecule has 0 saturated carbocycles. The van der Waals surface area contributed by atoms with Crippen LogP contribution < -0.4 is 5.32 Å². The van der Waals surface area contributed by atoms with Crippen molar-refractivity contribution in [2.75, 3.05) is 0 Å². The number of carbonyl (C=O) groups is 1. The van der Waals surface area contributed by atoms with Crippen LogP contribution in [0.25, 0.3) is 11.1 Å². The highest BCUT2D eigenvalue weighted by Gasteiger charge is 2.22. The van der Waals surface area contributed by atoms with Crippen LogP contribution in [0, 0.1) is 0 Å². The maximum Gasteiger partial charge on any atom is 0.405 e. The second kappa shape index (κ2) is 4.43. The molecule has 2 N–H and O–H groups in total. The first-order valence-electron chi connectivity index (χ1n) is 6.36. The molecule has 0 bridgehead atoms. The second-order valence-corrected chi connectivity index (χ2v) is 4.88. The zero-order valence-corrected chi connectivity index (χ0v) is 10.7. The summed E-state index contributed by atoms with van der Waals surface area (Å²) in [5.74, 6) is 0. The molecule has 1 atom stereocenters. The first kappa shape index (κ1) is 11.8.